The summed E-state index contributed by atoms with van der Waals surface area (Å²) < 4.78 is 5.61. The number of hydrogen-bond donors (Lipinski definition) is 1. The highest BCUT2D eigenvalue weighted by Crippen LogP contribution is 2.26. The lowest BCUT2D eigenvalue weighted by Gasteiger charge is -2.22. The third kappa shape index (κ3) is 4.85. The molecule has 5 nitrogen and oxygen atoms in total. The van der Waals surface area contributed by atoms with Gasteiger partial charge in [-0.15, -0.1) is 0 Å². The lowest BCUT2D eigenvalue weighted by Crippen LogP contribution is -2.25. The number of carbonyl (C=O) groups excluding carboxylic acids is 1. The molecule has 32 heavy (non-hydrogen) atoms. The number of aromatic nitrogens is 1. The van der Waals surface area contributed by atoms with Crippen LogP contribution in [0.4, 0.5) is 0 Å². The Labute approximate surface area is 192 Å². The first-order chi connectivity index (χ1) is 15.7. The average molecular weight is 446 g/mol. The van der Waals surface area contributed by atoms with Crippen molar-refractivity contribution in [1.29, 1.82) is 0 Å². The van der Waals surface area contributed by atoms with Crippen molar-refractivity contribution in [3.05, 3.63) is 101 Å². The minimum atomic E-state index is 0.00481. The second-order valence-electron chi connectivity index (χ2n) is 8.28. The van der Waals surface area contributed by atoms with Gasteiger partial charge in [-0.2, -0.15) is 0 Å². The number of halogens is 1. The summed E-state index contributed by atoms with van der Waals surface area (Å²) in [6.45, 7) is 2.06. The topological polar surface area (TPSA) is 58.4 Å². The van der Waals surface area contributed by atoms with Crippen LogP contribution < -0.4 is 5.32 Å². The van der Waals surface area contributed by atoms with Crippen LogP contribution in [0.3, 0.4) is 0 Å². The van der Waals surface area contributed by atoms with Crippen LogP contribution in [0, 0.1) is 0 Å². The first-order valence-electron chi connectivity index (χ1n) is 10.8. The molecule has 1 saturated carbocycles. The lowest BCUT2D eigenvalue weighted by molar-refractivity contribution is 0.0951. The molecule has 6 heteroatoms. The summed E-state index contributed by atoms with van der Waals surface area (Å²) in [6.07, 6.45) is 5.66. The van der Waals surface area contributed by atoms with Crippen LogP contribution in [0.15, 0.2) is 77.5 Å². The van der Waals surface area contributed by atoms with E-state index in [1.807, 2.05) is 60.7 Å². The Balaban J connectivity index is 1.37. The first-order valence-corrected chi connectivity index (χ1v) is 11.2. The standard InChI is InChI=1S/C26H24ClN3O2/c27-24-12-9-20(25-23(24)4-1-13-28-25)16-30(17-22-3-2-14-32-22)15-18-5-7-19(8-6-18)26(31)29-21-10-11-21/h1-9,12-14,21H,10-11,15-17H2,(H,29,31). The number of furan rings is 1. The van der Waals surface area contributed by atoms with Crippen molar-refractivity contribution < 1.29 is 9.21 Å². The molecule has 4 aromatic rings. The molecule has 0 atom stereocenters. The van der Waals surface area contributed by atoms with Crippen molar-refractivity contribution >= 4 is 28.4 Å². The fourth-order valence-electron chi connectivity index (χ4n) is 3.87. The second kappa shape index (κ2) is 9.15. The molecule has 0 bridgehead atoms. The molecule has 0 unspecified atom stereocenters. The molecule has 1 aliphatic rings. The zero-order chi connectivity index (χ0) is 21.9. The molecule has 0 spiro atoms. The smallest absolute Gasteiger partial charge is 0.251 e. The fraction of sp³-hybridized carbons (Fsp3) is 0.231. The number of amides is 1. The van der Waals surface area contributed by atoms with Crippen molar-refractivity contribution in [2.75, 3.05) is 0 Å². The number of nitrogens with zero attached hydrogens (tertiary/aromatic N) is 2. The summed E-state index contributed by atoms with van der Waals surface area (Å²) in [5.41, 5.74) is 3.85. The van der Waals surface area contributed by atoms with Gasteiger partial charge in [0.25, 0.3) is 5.91 Å². The van der Waals surface area contributed by atoms with Gasteiger partial charge in [-0.1, -0.05) is 29.8 Å². The van der Waals surface area contributed by atoms with E-state index < -0.39 is 0 Å². The number of rotatable bonds is 8. The second-order valence-corrected chi connectivity index (χ2v) is 8.68. The molecule has 0 radical (unpaired) electrons. The zero-order valence-corrected chi connectivity index (χ0v) is 18.4. The Morgan fingerprint density at radius 3 is 2.62 bits per heavy atom. The lowest BCUT2D eigenvalue weighted by atomic mass is 10.1. The third-order valence-corrected chi connectivity index (χ3v) is 6.02. The van der Waals surface area contributed by atoms with Gasteiger partial charge in [0.1, 0.15) is 5.76 Å². The minimum absolute atomic E-state index is 0.00481. The fourth-order valence-corrected chi connectivity index (χ4v) is 4.09. The van der Waals surface area contributed by atoms with Crippen LogP contribution in [-0.4, -0.2) is 21.8 Å². The largest absolute Gasteiger partial charge is 0.468 e. The Morgan fingerprint density at radius 1 is 1.03 bits per heavy atom. The summed E-state index contributed by atoms with van der Waals surface area (Å²) in [4.78, 5) is 19.2. The highest BCUT2D eigenvalue weighted by atomic mass is 35.5. The Morgan fingerprint density at radius 2 is 1.88 bits per heavy atom. The molecule has 0 saturated heterocycles. The van der Waals surface area contributed by atoms with Crippen molar-refractivity contribution in [3.8, 4) is 0 Å². The summed E-state index contributed by atoms with van der Waals surface area (Å²) in [6, 6.07) is 20.0. The Bertz CT molecular complexity index is 1220. The van der Waals surface area contributed by atoms with E-state index in [9.17, 15) is 4.79 Å². The number of benzene rings is 2. The molecule has 1 amide bonds. The summed E-state index contributed by atoms with van der Waals surface area (Å²) in [5.74, 6) is 0.904. The molecule has 2 aromatic heterocycles. The highest BCUT2D eigenvalue weighted by molar-refractivity contribution is 6.35. The molecule has 1 N–H and O–H groups in total. The van der Waals surface area contributed by atoms with E-state index in [-0.39, 0.29) is 5.91 Å². The van der Waals surface area contributed by atoms with E-state index in [4.69, 9.17) is 16.0 Å². The monoisotopic (exact) mass is 445 g/mol. The van der Waals surface area contributed by atoms with E-state index >= 15 is 0 Å². The van der Waals surface area contributed by atoms with Crippen LogP contribution in [0.1, 0.15) is 40.1 Å². The molecular weight excluding hydrogens is 422 g/mol. The third-order valence-electron chi connectivity index (χ3n) is 5.69. The van der Waals surface area contributed by atoms with Gasteiger partial charge in [0.15, 0.2) is 0 Å². The van der Waals surface area contributed by atoms with Crippen LogP contribution in [0.2, 0.25) is 5.02 Å². The predicted octanol–water partition coefficient (Wildman–Crippen LogP) is 5.58. The van der Waals surface area contributed by atoms with E-state index in [2.05, 4.69) is 15.2 Å². The van der Waals surface area contributed by atoms with Gasteiger partial charge in [0, 0.05) is 41.3 Å². The molecule has 2 heterocycles. The molecular formula is C26H24ClN3O2. The normalized spacial score (nSPS) is 13.6. The summed E-state index contributed by atoms with van der Waals surface area (Å²) in [5, 5.41) is 4.69. The SMILES string of the molecule is O=C(NC1CC1)c1ccc(CN(Cc2ccco2)Cc2ccc(Cl)c3cccnc23)cc1. The van der Waals surface area contributed by atoms with Crippen LogP contribution in [0.25, 0.3) is 10.9 Å². The maximum absolute atomic E-state index is 12.3. The Hall–Kier alpha value is -3.15. The van der Waals surface area contributed by atoms with Crippen molar-refractivity contribution in [2.45, 2.75) is 38.5 Å². The van der Waals surface area contributed by atoms with Gasteiger partial charge in [0.2, 0.25) is 0 Å². The van der Waals surface area contributed by atoms with E-state index in [1.165, 1.54) is 0 Å². The molecule has 162 valence electrons. The first kappa shape index (κ1) is 20.7. The molecule has 0 aliphatic heterocycles. The number of pyridine rings is 1. The number of nitrogens with one attached hydrogen (secondary N) is 1. The predicted molar refractivity (Wildman–Crippen MR) is 125 cm³/mol. The van der Waals surface area contributed by atoms with Gasteiger partial charge < -0.3 is 9.73 Å². The number of hydrogen-bond acceptors (Lipinski definition) is 4. The summed E-state index contributed by atoms with van der Waals surface area (Å²) in [7, 11) is 0. The summed E-state index contributed by atoms with van der Waals surface area (Å²) >= 11 is 6.38. The number of carbonyl (C=O) groups is 1. The van der Waals surface area contributed by atoms with E-state index in [1.54, 1.807) is 12.5 Å². The maximum Gasteiger partial charge on any atom is 0.251 e. The molecule has 1 fully saturated rings. The van der Waals surface area contributed by atoms with Crippen LogP contribution in [0.5, 0.6) is 0 Å². The van der Waals surface area contributed by atoms with Gasteiger partial charge in [0.05, 0.1) is 18.3 Å². The van der Waals surface area contributed by atoms with E-state index in [0.29, 0.717) is 36.3 Å². The average Bonchev–Trinajstić information content (AvgIpc) is 3.48. The molecule has 5 rings (SSSR count). The maximum atomic E-state index is 12.3. The number of fused-ring (bicyclic) bond motifs is 1. The zero-order valence-electron chi connectivity index (χ0n) is 17.6. The van der Waals surface area contributed by atoms with Crippen molar-refractivity contribution in [2.24, 2.45) is 0 Å². The van der Waals surface area contributed by atoms with Crippen LogP contribution >= 0.6 is 11.6 Å². The highest BCUT2D eigenvalue weighted by Gasteiger charge is 2.23. The van der Waals surface area contributed by atoms with E-state index in [0.717, 1.165) is 40.6 Å². The molecule has 1 aliphatic carbocycles. The van der Waals surface area contributed by atoms with Crippen molar-refractivity contribution in [3.63, 3.8) is 0 Å². The van der Waals surface area contributed by atoms with Gasteiger partial charge >= 0.3 is 0 Å². The minimum Gasteiger partial charge on any atom is -0.468 e. The van der Waals surface area contributed by atoms with Gasteiger partial charge in [-0.05, 0) is 66.4 Å². The van der Waals surface area contributed by atoms with Crippen molar-refractivity contribution in [1.82, 2.24) is 15.2 Å². The van der Waals surface area contributed by atoms with Gasteiger partial charge in [-0.25, -0.2) is 0 Å². The quantitative estimate of drug-likeness (QED) is 0.385. The van der Waals surface area contributed by atoms with Gasteiger partial charge in [-0.3, -0.25) is 14.7 Å². The van der Waals surface area contributed by atoms with Crippen LogP contribution in [-0.2, 0) is 19.6 Å². The Kier molecular flexibility index (Phi) is 5.93. The molecule has 2 aromatic carbocycles.